The highest BCUT2D eigenvalue weighted by atomic mass is 16.3. The van der Waals surface area contributed by atoms with E-state index in [4.69, 9.17) is 4.42 Å². The monoisotopic (exact) mass is 248 g/mol. The SMILES string of the molecule is O=C(c1ccco1)N1CCNCC12CCCCC2. The number of piperazine rings is 1. The minimum Gasteiger partial charge on any atom is -0.459 e. The van der Waals surface area contributed by atoms with E-state index in [0.717, 1.165) is 32.5 Å². The Morgan fingerprint density at radius 3 is 2.89 bits per heavy atom. The van der Waals surface area contributed by atoms with Crippen molar-refractivity contribution in [3.05, 3.63) is 24.2 Å². The molecule has 1 saturated carbocycles. The van der Waals surface area contributed by atoms with Gasteiger partial charge in [-0.2, -0.15) is 0 Å². The van der Waals surface area contributed by atoms with Crippen molar-refractivity contribution in [2.75, 3.05) is 19.6 Å². The predicted molar refractivity (Wildman–Crippen MR) is 68.4 cm³/mol. The summed E-state index contributed by atoms with van der Waals surface area (Å²) >= 11 is 0. The van der Waals surface area contributed by atoms with Gasteiger partial charge in [0.05, 0.1) is 11.8 Å². The summed E-state index contributed by atoms with van der Waals surface area (Å²) in [5.41, 5.74) is 0.0281. The van der Waals surface area contributed by atoms with E-state index < -0.39 is 0 Å². The van der Waals surface area contributed by atoms with Crippen LogP contribution >= 0.6 is 0 Å². The van der Waals surface area contributed by atoms with Gasteiger partial charge in [-0.15, -0.1) is 0 Å². The molecule has 4 heteroatoms. The number of furan rings is 1. The first-order chi connectivity index (χ1) is 8.82. The van der Waals surface area contributed by atoms with Gasteiger partial charge in [0.25, 0.3) is 5.91 Å². The Balaban J connectivity index is 1.85. The normalized spacial score (nSPS) is 23.2. The number of nitrogens with one attached hydrogen (secondary N) is 1. The van der Waals surface area contributed by atoms with Crippen molar-refractivity contribution in [2.24, 2.45) is 0 Å². The number of amides is 1. The van der Waals surface area contributed by atoms with Gasteiger partial charge in [-0.1, -0.05) is 19.3 Å². The standard InChI is InChI=1S/C14H20N2O2/c17-13(12-5-4-10-18-12)16-9-8-15-11-14(16)6-2-1-3-7-14/h4-5,10,15H,1-3,6-9,11H2. The quantitative estimate of drug-likeness (QED) is 0.827. The van der Waals surface area contributed by atoms with Crippen molar-refractivity contribution < 1.29 is 9.21 Å². The molecule has 1 aromatic heterocycles. The van der Waals surface area contributed by atoms with Crippen LogP contribution in [0.2, 0.25) is 0 Å². The van der Waals surface area contributed by atoms with E-state index >= 15 is 0 Å². The zero-order chi connectivity index (χ0) is 12.4. The van der Waals surface area contributed by atoms with Gasteiger partial charge in [0.15, 0.2) is 5.76 Å². The zero-order valence-corrected chi connectivity index (χ0v) is 10.7. The number of hydrogen-bond acceptors (Lipinski definition) is 3. The highest BCUT2D eigenvalue weighted by Crippen LogP contribution is 2.35. The molecule has 3 rings (SSSR count). The molecule has 18 heavy (non-hydrogen) atoms. The molecule has 0 bridgehead atoms. The summed E-state index contributed by atoms with van der Waals surface area (Å²) in [6, 6.07) is 3.55. The van der Waals surface area contributed by atoms with Crippen molar-refractivity contribution in [2.45, 2.75) is 37.6 Å². The topological polar surface area (TPSA) is 45.5 Å². The van der Waals surface area contributed by atoms with Crippen LogP contribution in [-0.4, -0.2) is 36.0 Å². The molecule has 1 aromatic rings. The molecule has 1 N–H and O–H groups in total. The summed E-state index contributed by atoms with van der Waals surface area (Å²) in [6.45, 7) is 2.60. The zero-order valence-electron chi connectivity index (χ0n) is 10.7. The first-order valence-electron chi connectivity index (χ1n) is 6.88. The van der Waals surface area contributed by atoms with Crippen molar-refractivity contribution in [1.29, 1.82) is 0 Å². The molecular weight excluding hydrogens is 228 g/mol. The molecule has 0 radical (unpaired) electrons. The number of carbonyl (C=O) groups is 1. The van der Waals surface area contributed by atoms with E-state index in [-0.39, 0.29) is 11.4 Å². The Morgan fingerprint density at radius 2 is 2.17 bits per heavy atom. The maximum atomic E-state index is 12.5. The van der Waals surface area contributed by atoms with Crippen LogP contribution < -0.4 is 5.32 Å². The molecule has 1 spiro atoms. The van der Waals surface area contributed by atoms with E-state index in [2.05, 4.69) is 10.2 Å². The van der Waals surface area contributed by atoms with Gasteiger partial charge in [-0.3, -0.25) is 4.79 Å². The fraction of sp³-hybridized carbons (Fsp3) is 0.643. The Labute approximate surface area is 107 Å². The van der Waals surface area contributed by atoms with Crippen LogP contribution in [0.5, 0.6) is 0 Å². The lowest BCUT2D eigenvalue weighted by Crippen LogP contribution is -2.63. The molecule has 1 aliphatic carbocycles. The fourth-order valence-corrected chi connectivity index (χ4v) is 3.35. The van der Waals surface area contributed by atoms with Crippen LogP contribution in [0.25, 0.3) is 0 Å². The molecule has 0 aromatic carbocycles. The number of nitrogens with zero attached hydrogens (tertiary/aromatic N) is 1. The van der Waals surface area contributed by atoms with Gasteiger partial charge >= 0.3 is 0 Å². The number of hydrogen-bond donors (Lipinski definition) is 1. The molecule has 4 nitrogen and oxygen atoms in total. The number of rotatable bonds is 1. The molecule has 0 unspecified atom stereocenters. The highest BCUT2D eigenvalue weighted by molar-refractivity contribution is 5.92. The summed E-state index contributed by atoms with van der Waals surface area (Å²) in [5, 5.41) is 3.45. The van der Waals surface area contributed by atoms with Crippen molar-refractivity contribution in [3.63, 3.8) is 0 Å². The van der Waals surface area contributed by atoms with Gasteiger partial charge in [-0.05, 0) is 25.0 Å². The van der Waals surface area contributed by atoms with Crippen LogP contribution in [0.4, 0.5) is 0 Å². The van der Waals surface area contributed by atoms with Gasteiger partial charge < -0.3 is 14.6 Å². The summed E-state index contributed by atoms with van der Waals surface area (Å²) in [4.78, 5) is 14.6. The van der Waals surface area contributed by atoms with E-state index in [9.17, 15) is 4.79 Å². The number of carbonyl (C=O) groups excluding carboxylic acids is 1. The van der Waals surface area contributed by atoms with Gasteiger partial charge in [0.2, 0.25) is 0 Å². The summed E-state index contributed by atoms with van der Waals surface area (Å²) < 4.78 is 5.27. The van der Waals surface area contributed by atoms with Gasteiger partial charge in [0.1, 0.15) is 0 Å². The molecule has 2 fully saturated rings. The molecule has 0 atom stereocenters. The lowest BCUT2D eigenvalue weighted by molar-refractivity contribution is 0.0196. The Kier molecular flexibility index (Phi) is 3.12. The van der Waals surface area contributed by atoms with Crippen molar-refractivity contribution in [3.8, 4) is 0 Å². The molecule has 2 aliphatic rings. The van der Waals surface area contributed by atoms with Crippen LogP contribution in [0.1, 0.15) is 42.7 Å². The first kappa shape index (κ1) is 11.8. The third kappa shape index (κ3) is 1.94. The second-order valence-corrected chi connectivity index (χ2v) is 5.40. The van der Waals surface area contributed by atoms with Crippen molar-refractivity contribution >= 4 is 5.91 Å². The van der Waals surface area contributed by atoms with Crippen LogP contribution in [0, 0.1) is 0 Å². The second kappa shape index (κ2) is 4.76. The minimum atomic E-state index is 0.0281. The highest BCUT2D eigenvalue weighted by Gasteiger charge is 2.42. The lowest BCUT2D eigenvalue weighted by Gasteiger charge is -2.49. The molecule has 1 saturated heterocycles. The summed E-state index contributed by atoms with van der Waals surface area (Å²) in [7, 11) is 0. The Hall–Kier alpha value is -1.29. The third-order valence-electron chi connectivity index (χ3n) is 4.30. The molecule has 2 heterocycles. The molecular formula is C14H20N2O2. The average molecular weight is 248 g/mol. The van der Waals surface area contributed by atoms with Gasteiger partial charge in [-0.25, -0.2) is 0 Å². The lowest BCUT2D eigenvalue weighted by atomic mass is 9.79. The Morgan fingerprint density at radius 1 is 1.33 bits per heavy atom. The molecule has 1 aliphatic heterocycles. The maximum absolute atomic E-state index is 12.5. The fourth-order valence-electron chi connectivity index (χ4n) is 3.35. The molecule has 98 valence electrons. The maximum Gasteiger partial charge on any atom is 0.290 e. The average Bonchev–Trinajstić information content (AvgIpc) is 2.93. The van der Waals surface area contributed by atoms with E-state index in [1.54, 1.807) is 18.4 Å². The smallest absolute Gasteiger partial charge is 0.290 e. The van der Waals surface area contributed by atoms with Crippen molar-refractivity contribution in [1.82, 2.24) is 10.2 Å². The summed E-state index contributed by atoms with van der Waals surface area (Å²) in [6.07, 6.45) is 7.56. The van der Waals surface area contributed by atoms with E-state index in [0.29, 0.717) is 5.76 Å². The van der Waals surface area contributed by atoms with Gasteiger partial charge in [0, 0.05) is 19.6 Å². The first-order valence-corrected chi connectivity index (χ1v) is 6.88. The second-order valence-electron chi connectivity index (χ2n) is 5.40. The molecule has 1 amide bonds. The van der Waals surface area contributed by atoms with Crippen LogP contribution in [-0.2, 0) is 0 Å². The van der Waals surface area contributed by atoms with E-state index in [1.807, 2.05) is 0 Å². The Bertz CT molecular complexity index is 399. The van der Waals surface area contributed by atoms with E-state index in [1.165, 1.54) is 19.3 Å². The third-order valence-corrected chi connectivity index (χ3v) is 4.30. The largest absolute Gasteiger partial charge is 0.459 e. The van der Waals surface area contributed by atoms with Crippen LogP contribution in [0.15, 0.2) is 22.8 Å². The van der Waals surface area contributed by atoms with Crippen LogP contribution in [0.3, 0.4) is 0 Å². The minimum absolute atomic E-state index is 0.0281. The summed E-state index contributed by atoms with van der Waals surface area (Å²) in [5.74, 6) is 0.533. The predicted octanol–water partition coefficient (Wildman–Crippen LogP) is 2.03.